The molecular formula is C7H6BrCl2NO2S. The summed E-state index contributed by atoms with van der Waals surface area (Å²) in [6.07, 6.45) is 0. The molecule has 0 aromatic heterocycles. The maximum absolute atomic E-state index is 11.1. The van der Waals surface area contributed by atoms with E-state index in [1.54, 1.807) is 18.2 Å². The van der Waals surface area contributed by atoms with Crippen LogP contribution in [0.4, 0.5) is 5.69 Å². The third-order valence-corrected chi connectivity index (χ3v) is 4.34. The van der Waals surface area contributed by atoms with Crippen LogP contribution in [0.2, 0.25) is 5.02 Å². The fraction of sp³-hybridized carbons (Fsp3) is 0.143. The summed E-state index contributed by atoms with van der Waals surface area (Å²) in [5, 5.41) is -0.197. The van der Waals surface area contributed by atoms with Gasteiger partial charge in [0.2, 0.25) is 10.0 Å². The van der Waals surface area contributed by atoms with Gasteiger partial charge in [-0.25, -0.2) is 8.42 Å². The zero-order chi connectivity index (χ0) is 10.8. The highest BCUT2D eigenvalue weighted by atomic mass is 79.9. The van der Waals surface area contributed by atoms with E-state index in [1.807, 2.05) is 0 Å². The number of rotatable bonds is 3. The lowest BCUT2D eigenvalue weighted by molar-refractivity contribution is 0.605. The van der Waals surface area contributed by atoms with E-state index >= 15 is 0 Å². The Morgan fingerprint density at radius 2 is 2.07 bits per heavy atom. The lowest BCUT2D eigenvalue weighted by atomic mass is 10.3. The number of sulfonamides is 1. The van der Waals surface area contributed by atoms with Crippen LogP contribution in [-0.4, -0.2) is 13.6 Å². The quantitative estimate of drug-likeness (QED) is 0.871. The predicted octanol–water partition coefficient (Wildman–Crippen LogP) is 3.04. The van der Waals surface area contributed by atoms with E-state index in [4.69, 9.17) is 23.2 Å². The van der Waals surface area contributed by atoms with Crippen LogP contribution < -0.4 is 4.72 Å². The topological polar surface area (TPSA) is 46.2 Å². The van der Waals surface area contributed by atoms with E-state index < -0.39 is 15.2 Å². The highest BCUT2D eigenvalue weighted by Crippen LogP contribution is 2.30. The summed E-state index contributed by atoms with van der Waals surface area (Å²) in [4.78, 5) is 0. The summed E-state index contributed by atoms with van der Waals surface area (Å²) in [5.74, 6) is 0. The number of hydrogen-bond donors (Lipinski definition) is 1. The molecular weight excluding hydrogens is 313 g/mol. The van der Waals surface area contributed by atoms with Crippen LogP contribution in [0.25, 0.3) is 0 Å². The van der Waals surface area contributed by atoms with Gasteiger partial charge in [0, 0.05) is 4.47 Å². The molecule has 1 N–H and O–H groups in total. The van der Waals surface area contributed by atoms with Crippen molar-refractivity contribution in [3.63, 3.8) is 0 Å². The van der Waals surface area contributed by atoms with Crippen LogP contribution in [0.5, 0.6) is 0 Å². The Balaban J connectivity index is 3.05. The predicted molar refractivity (Wildman–Crippen MR) is 62.4 cm³/mol. The van der Waals surface area contributed by atoms with Gasteiger partial charge in [0.25, 0.3) is 0 Å². The molecule has 3 nitrogen and oxygen atoms in total. The fourth-order valence-electron chi connectivity index (χ4n) is 0.777. The maximum Gasteiger partial charge on any atom is 0.246 e. The summed E-state index contributed by atoms with van der Waals surface area (Å²) in [5.41, 5.74) is 0.307. The number of anilines is 1. The van der Waals surface area contributed by atoms with Gasteiger partial charge in [-0.15, -0.1) is 11.6 Å². The number of nitrogens with one attached hydrogen (secondary N) is 1. The van der Waals surface area contributed by atoms with Gasteiger partial charge >= 0.3 is 0 Å². The van der Waals surface area contributed by atoms with Crippen LogP contribution in [0, 0.1) is 0 Å². The van der Waals surface area contributed by atoms with Crippen LogP contribution in [0.1, 0.15) is 0 Å². The molecule has 7 heteroatoms. The third kappa shape index (κ3) is 3.02. The molecule has 0 amide bonds. The maximum atomic E-state index is 11.1. The van der Waals surface area contributed by atoms with E-state index in [9.17, 15) is 8.42 Å². The summed E-state index contributed by atoms with van der Waals surface area (Å²) in [6.45, 7) is 0. The first-order valence-corrected chi connectivity index (χ1v) is 6.82. The molecule has 0 saturated heterocycles. The molecule has 1 aromatic rings. The summed E-state index contributed by atoms with van der Waals surface area (Å²) in [6, 6.07) is 4.93. The largest absolute Gasteiger partial charge is 0.281 e. The van der Waals surface area contributed by atoms with Crippen molar-refractivity contribution in [1.82, 2.24) is 0 Å². The second kappa shape index (κ2) is 4.70. The monoisotopic (exact) mass is 317 g/mol. The minimum absolute atomic E-state index is 0.307. The van der Waals surface area contributed by atoms with Gasteiger partial charge < -0.3 is 0 Å². The van der Waals surface area contributed by atoms with Crippen LogP contribution in [0.3, 0.4) is 0 Å². The van der Waals surface area contributed by atoms with Gasteiger partial charge in [-0.05, 0) is 28.1 Å². The van der Waals surface area contributed by atoms with Crippen LogP contribution in [-0.2, 0) is 10.0 Å². The van der Waals surface area contributed by atoms with Gasteiger partial charge in [0.05, 0.1) is 10.7 Å². The lowest BCUT2D eigenvalue weighted by Gasteiger charge is -2.07. The Morgan fingerprint density at radius 3 is 2.64 bits per heavy atom. The van der Waals surface area contributed by atoms with Crippen molar-refractivity contribution in [3.8, 4) is 0 Å². The molecule has 78 valence electrons. The van der Waals surface area contributed by atoms with Gasteiger partial charge in [0.1, 0.15) is 5.21 Å². The van der Waals surface area contributed by atoms with Crippen molar-refractivity contribution in [2.45, 2.75) is 0 Å². The zero-order valence-corrected chi connectivity index (χ0v) is 10.7. The van der Waals surface area contributed by atoms with Crippen molar-refractivity contribution in [2.75, 3.05) is 9.93 Å². The summed E-state index contributed by atoms with van der Waals surface area (Å²) in [7, 11) is -3.50. The molecule has 0 atom stereocenters. The van der Waals surface area contributed by atoms with Crippen molar-refractivity contribution < 1.29 is 8.42 Å². The second-order valence-corrected chi connectivity index (χ2v) is 5.97. The normalized spacial score (nSPS) is 11.4. The van der Waals surface area contributed by atoms with Crippen molar-refractivity contribution in [1.29, 1.82) is 0 Å². The molecule has 14 heavy (non-hydrogen) atoms. The second-order valence-electron chi connectivity index (χ2n) is 2.43. The van der Waals surface area contributed by atoms with E-state index in [2.05, 4.69) is 20.7 Å². The smallest absolute Gasteiger partial charge is 0.246 e. The molecule has 0 saturated carbocycles. The molecule has 0 fully saturated rings. The van der Waals surface area contributed by atoms with Crippen molar-refractivity contribution in [3.05, 3.63) is 27.7 Å². The molecule has 0 heterocycles. The molecule has 0 aliphatic heterocycles. The van der Waals surface area contributed by atoms with E-state index in [-0.39, 0.29) is 0 Å². The first-order chi connectivity index (χ1) is 6.46. The Hall–Kier alpha value is 0.0300. The first-order valence-electron chi connectivity index (χ1n) is 3.47. The van der Waals surface area contributed by atoms with Crippen molar-refractivity contribution >= 4 is 54.8 Å². The molecule has 0 bridgehead atoms. The molecule has 0 radical (unpaired) electrons. The average Bonchev–Trinajstić information content (AvgIpc) is 2.13. The number of hydrogen-bond acceptors (Lipinski definition) is 2. The Labute approximate surface area is 101 Å². The van der Waals surface area contributed by atoms with Crippen LogP contribution >= 0.6 is 39.1 Å². The third-order valence-electron chi connectivity index (χ3n) is 1.36. The van der Waals surface area contributed by atoms with Gasteiger partial charge in [-0.3, -0.25) is 4.72 Å². The molecule has 0 unspecified atom stereocenters. The molecule has 0 spiro atoms. The number of alkyl halides is 1. The summed E-state index contributed by atoms with van der Waals surface area (Å²) >= 11 is 14.2. The number of halogens is 3. The van der Waals surface area contributed by atoms with Crippen LogP contribution in [0.15, 0.2) is 22.7 Å². The minimum Gasteiger partial charge on any atom is -0.281 e. The van der Waals surface area contributed by atoms with E-state index in [1.165, 1.54) is 0 Å². The Kier molecular flexibility index (Phi) is 4.06. The molecule has 1 rings (SSSR count). The van der Waals surface area contributed by atoms with Gasteiger partial charge in [0.15, 0.2) is 0 Å². The standard InChI is InChI=1S/C7H6BrCl2NO2S/c8-5-2-1-3-6(7(5)10)11-14(12,13)4-9/h1-3,11H,4H2. The molecule has 0 aliphatic carbocycles. The van der Waals surface area contributed by atoms with Gasteiger partial charge in [-0.1, -0.05) is 17.7 Å². The molecule has 1 aromatic carbocycles. The average molecular weight is 319 g/mol. The first kappa shape index (κ1) is 12.1. The zero-order valence-electron chi connectivity index (χ0n) is 6.80. The molecule has 0 aliphatic rings. The highest BCUT2D eigenvalue weighted by Gasteiger charge is 2.11. The fourth-order valence-corrected chi connectivity index (χ4v) is 2.10. The van der Waals surface area contributed by atoms with Gasteiger partial charge in [-0.2, -0.15) is 0 Å². The lowest BCUT2D eigenvalue weighted by Crippen LogP contribution is -2.13. The van der Waals surface area contributed by atoms with Crippen molar-refractivity contribution in [2.24, 2.45) is 0 Å². The van der Waals surface area contributed by atoms with E-state index in [0.29, 0.717) is 15.2 Å². The number of benzene rings is 1. The summed E-state index contributed by atoms with van der Waals surface area (Å²) < 4.78 is 25.1. The van der Waals surface area contributed by atoms with E-state index in [0.717, 1.165) is 0 Å². The Morgan fingerprint density at radius 1 is 1.43 bits per heavy atom. The highest BCUT2D eigenvalue weighted by molar-refractivity contribution is 9.10. The minimum atomic E-state index is -3.50. The SMILES string of the molecule is O=S(=O)(CCl)Nc1cccc(Br)c1Cl. The Bertz CT molecular complexity index is 435.